The Labute approximate surface area is 144 Å². The molecule has 0 atom stereocenters. The zero-order valence-corrected chi connectivity index (χ0v) is 15.0. The SMILES string of the molecule is CCCC(=O)Nc1sc(C(=O)N2CCOCC2)c(C)c1C(=O)OC. The topological polar surface area (TPSA) is 84.9 Å². The third-order valence-corrected chi connectivity index (χ3v) is 4.95. The highest BCUT2D eigenvalue weighted by molar-refractivity contribution is 7.18. The molecule has 2 heterocycles. The summed E-state index contributed by atoms with van der Waals surface area (Å²) in [5.41, 5.74) is 0.790. The lowest BCUT2D eigenvalue weighted by Crippen LogP contribution is -2.40. The fourth-order valence-corrected chi connectivity index (χ4v) is 3.66. The number of hydrogen-bond donors (Lipinski definition) is 1. The van der Waals surface area contributed by atoms with Gasteiger partial charge in [0.15, 0.2) is 0 Å². The minimum atomic E-state index is -0.559. The molecule has 1 N–H and O–H groups in total. The van der Waals surface area contributed by atoms with Gasteiger partial charge in [0.2, 0.25) is 5.91 Å². The number of hydrogen-bond acceptors (Lipinski definition) is 6. The van der Waals surface area contributed by atoms with Crippen molar-refractivity contribution in [1.82, 2.24) is 4.90 Å². The van der Waals surface area contributed by atoms with E-state index in [0.717, 1.165) is 11.3 Å². The molecule has 1 aromatic rings. The highest BCUT2D eigenvalue weighted by atomic mass is 32.1. The first kappa shape index (κ1) is 18.4. The molecule has 1 fully saturated rings. The van der Waals surface area contributed by atoms with E-state index < -0.39 is 5.97 Å². The molecule has 0 radical (unpaired) electrons. The van der Waals surface area contributed by atoms with Crippen molar-refractivity contribution < 1.29 is 23.9 Å². The van der Waals surface area contributed by atoms with Crippen molar-refractivity contribution in [1.29, 1.82) is 0 Å². The highest BCUT2D eigenvalue weighted by Gasteiger charge is 2.29. The summed E-state index contributed by atoms with van der Waals surface area (Å²) < 4.78 is 10.1. The summed E-state index contributed by atoms with van der Waals surface area (Å²) in [5.74, 6) is -0.896. The number of esters is 1. The van der Waals surface area contributed by atoms with Gasteiger partial charge in [-0.25, -0.2) is 4.79 Å². The first-order valence-corrected chi connectivity index (χ1v) is 8.69. The van der Waals surface area contributed by atoms with E-state index in [-0.39, 0.29) is 17.4 Å². The average molecular weight is 354 g/mol. The van der Waals surface area contributed by atoms with Crippen LogP contribution in [-0.4, -0.2) is 56.1 Å². The second-order valence-corrected chi connectivity index (χ2v) is 6.48. The van der Waals surface area contributed by atoms with Gasteiger partial charge < -0.3 is 19.7 Å². The molecular formula is C16H22N2O5S. The summed E-state index contributed by atoms with van der Waals surface area (Å²) in [6.07, 6.45) is 1.05. The maximum atomic E-state index is 12.7. The number of nitrogens with zero attached hydrogens (tertiary/aromatic N) is 1. The van der Waals surface area contributed by atoms with Crippen molar-refractivity contribution >= 4 is 34.1 Å². The first-order chi connectivity index (χ1) is 11.5. The Hall–Kier alpha value is -1.93. The van der Waals surface area contributed by atoms with E-state index in [0.29, 0.717) is 54.6 Å². The smallest absolute Gasteiger partial charge is 0.341 e. The van der Waals surface area contributed by atoms with Gasteiger partial charge in [0.25, 0.3) is 5.91 Å². The van der Waals surface area contributed by atoms with Crippen molar-refractivity contribution in [3.05, 3.63) is 16.0 Å². The third kappa shape index (κ3) is 3.93. The lowest BCUT2D eigenvalue weighted by atomic mass is 10.1. The first-order valence-electron chi connectivity index (χ1n) is 7.88. The van der Waals surface area contributed by atoms with E-state index in [1.165, 1.54) is 7.11 Å². The van der Waals surface area contributed by atoms with Crippen molar-refractivity contribution in [2.75, 3.05) is 38.7 Å². The summed E-state index contributed by atoms with van der Waals surface area (Å²) in [5, 5.41) is 3.10. The highest BCUT2D eigenvalue weighted by Crippen LogP contribution is 2.34. The third-order valence-electron chi connectivity index (χ3n) is 3.76. The molecule has 1 aliphatic rings. The molecule has 0 spiro atoms. The molecule has 0 saturated carbocycles. The number of carbonyl (C=O) groups is 3. The van der Waals surface area contributed by atoms with Crippen LogP contribution >= 0.6 is 11.3 Å². The van der Waals surface area contributed by atoms with Crippen LogP contribution in [0.5, 0.6) is 0 Å². The summed E-state index contributed by atoms with van der Waals surface area (Å²) in [4.78, 5) is 38.9. The Morgan fingerprint density at radius 2 is 1.96 bits per heavy atom. The summed E-state index contributed by atoms with van der Waals surface area (Å²) in [7, 11) is 1.28. The molecule has 2 rings (SSSR count). The van der Waals surface area contributed by atoms with E-state index in [9.17, 15) is 14.4 Å². The quantitative estimate of drug-likeness (QED) is 0.818. The zero-order chi connectivity index (χ0) is 17.7. The number of ether oxygens (including phenoxy) is 2. The summed E-state index contributed by atoms with van der Waals surface area (Å²) in [6, 6.07) is 0. The number of anilines is 1. The molecular weight excluding hydrogens is 332 g/mol. The van der Waals surface area contributed by atoms with Crippen LogP contribution in [0.15, 0.2) is 0 Å². The largest absolute Gasteiger partial charge is 0.465 e. The number of methoxy groups -OCH3 is 1. The molecule has 0 unspecified atom stereocenters. The van der Waals surface area contributed by atoms with Crippen LogP contribution in [0.2, 0.25) is 0 Å². The van der Waals surface area contributed by atoms with Crippen LogP contribution < -0.4 is 5.32 Å². The van der Waals surface area contributed by atoms with Gasteiger partial charge in [-0.05, 0) is 18.9 Å². The summed E-state index contributed by atoms with van der Waals surface area (Å²) >= 11 is 1.12. The van der Waals surface area contributed by atoms with E-state index >= 15 is 0 Å². The number of nitrogens with one attached hydrogen (secondary N) is 1. The predicted molar refractivity (Wildman–Crippen MR) is 90.7 cm³/mol. The van der Waals surface area contributed by atoms with Crippen LogP contribution in [-0.2, 0) is 14.3 Å². The van der Waals surface area contributed by atoms with Crippen LogP contribution in [0.3, 0.4) is 0 Å². The molecule has 0 aromatic carbocycles. The van der Waals surface area contributed by atoms with Crippen molar-refractivity contribution in [3.8, 4) is 0 Å². The van der Waals surface area contributed by atoms with Gasteiger partial charge in [0.05, 0.1) is 30.8 Å². The van der Waals surface area contributed by atoms with Gasteiger partial charge in [-0.1, -0.05) is 6.92 Å². The zero-order valence-electron chi connectivity index (χ0n) is 14.1. The maximum absolute atomic E-state index is 12.7. The van der Waals surface area contributed by atoms with Crippen molar-refractivity contribution in [2.24, 2.45) is 0 Å². The van der Waals surface area contributed by atoms with Gasteiger partial charge in [-0.2, -0.15) is 0 Å². The van der Waals surface area contributed by atoms with E-state index in [2.05, 4.69) is 5.32 Å². The molecule has 1 aliphatic heterocycles. The Bertz CT molecular complexity index is 635. The number of thiophene rings is 1. The summed E-state index contributed by atoms with van der Waals surface area (Å²) in [6.45, 7) is 5.63. The Balaban J connectivity index is 2.34. The van der Waals surface area contributed by atoms with E-state index in [1.54, 1.807) is 11.8 Å². The molecule has 7 nitrogen and oxygen atoms in total. The number of amides is 2. The fourth-order valence-electron chi connectivity index (χ4n) is 2.48. The van der Waals surface area contributed by atoms with Gasteiger partial charge in [-0.3, -0.25) is 9.59 Å². The van der Waals surface area contributed by atoms with Gasteiger partial charge >= 0.3 is 5.97 Å². The van der Waals surface area contributed by atoms with Gasteiger partial charge in [0, 0.05) is 19.5 Å². The maximum Gasteiger partial charge on any atom is 0.341 e. The molecule has 2 amide bonds. The van der Waals surface area contributed by atoms with Crippen LogP contribution in [0.4, 0.5) is 5.00 Å². The normalized spacial score (nSPS) is 14.4. The predicted octanol–water partition coefficient (Wildman–Crippen LogP) is 2.05. The minimum absolute atomic E-state index is 0.151. The van der Waals surface area contributed by atoms with Gasteiger partial charge in [-0.15, -0.1) is 11.3 Å². The molecule has 0 aliphatic carbocycles. The van der Waals surface area contributed by atoms with E-state index in [4.69, 9.17) is 9.47 Å². The Morgan fingerprint density at radius 1 is 1.29 bits per heavy atom. The number of rotatable bonds is 5. The van der Waals surface area contributed by atoms with Crippen LogP contribution in [0.25, 0.3) is 0 Å². The fraction of sp³-hybridized carbons (Fsp3) is 0.562. The molecule has 24 heavy (non-hydrogen) atoms. The number of morpholine rings is 1. The monoisotopic (exact) mass is 354 g/mol. The second-order valence-electron chi connectivity index (χ2n) is 5.45. The lowest BCUT2D eigenvalue weighted by Gasteiger charge is -2.26. The molecule has 0 bridgehead atoms. The van der Waals surface area contributed by atoms with Crippen LogP contribution in [0.1, 0.15) is 45.4 Å². The second kappa shape index (κ2) is 8.25. The molecule has 8 heteroatoms. The Kier molecular flexibility index (Phi) is 6.33. The van der Waals surface area contributed by atoms with Gasteiger partial charge in [0.1, 0.15) is 5.00 Å². The van der Waals surface area contributed by atoms with Crippen molar-refractivity contribution in [2.45, 2.75) is 26.7 Å². The number of carbonyl (C=O) groups excluding carboxylic acids is 3. The Morgan fingerprint density at radius 3 is 2.54 bits per heavy atom. The molecule has 132 valence electrons. The van der Waals surface area contributed by atoms with E-state index in [1.807, 2.05) is 6.92 Å². The van der Waals surface area contributed by atoms with Crippen molar-refractivity contribution in [3.63, 3.8) is 0 Å². The lowest BCUT2D eigenvalue weighted by molar-refractivity contribution is -0.116. The molecule has 1 saturated heterocycles. The molecule has 1 aromatic heterocycles. The average Bonchev–Trinajstić information content (AvgIpc) is 2.90. The standard InChI is InChI=1S/C16H22N2O5S/c1-4-5-11(19)17-14-12(16(21)22-3)10(2)13(24-14)15(20)18-6-8-23-9-7-18/h4-9H2,1-3H3,(H,17,19). The minimum Gasteiger partial charge on any atom is -0.465 e. The van der Waals surface area contributed by atoms with Crippen LogP contribution in [0, 0.1) is 6.92 Å².